The second kappa shape index (κ2) is 5.12. The predicted molar refractivity (Wildman–Crippen MR) is 76.0 cm³/mol. The molecule has 1 aromatic carbocycles. The number of nitrogen functional groups attached to an aromatic ring is 1. The van der Waals surface area contributed by atoms with Crippen molar-refractivity contribution in [2.45, 2.75) is 24.3 Å². The van der Waals surface area contributed by atoms with Crippen molar-refractivity contribution >= 4 is 23.1 Å². The van der Waals surface area contributed by atoms with Gasteiger partial charge in [-0.2, -0.15) is 0 Å². The first-order chi connectivity index (χ1) is 9.16. The van der Waals surface area contributed by atoms with E-state index in [4.69, 9.17) is 17.3 Å². The summed E-state index contributed by atoms with van der Waals surface area (Å²) in [5.41, 5.74) is 13.4. The fourth-order valence-electron chi connectivity index (χ4n) is 3.15. The third-order valence-electron chi connectivity index (χ3n) is 4.26. The average molecular weight is 280 g/mol. The molecule has 3 rings (SSSR count). The average Bonchev–Trinajstić information content (AvgIpc) is 2.84. The number of para-hydroxylation sites is 1. The van der Waals surface area contributed by atoms with Crippen molar-refractivity contribution in [1.82, 2.24) is 10.9 Å². The zero-order valence-corrected chi connectivity index (χ0v) is 11.4. The van der Waals surface area contributed by atoms with E-state index in [0.29, 0.717) is 23.2 Å². The van der Waals surface area contributed by atoms with E-state index in [9.17, 15) is 4.79 Å². The van der Waals surface area contributed by atoms with Gasteiger partial charge >= 0.3 is 0 Å². The summed E-state index contributed by atoms with van der Waals surface area (Å²) >= 11 is 6.42. The molecule has 0 radical (unpaired) electrons. The number of anilines is 1. The summed E-state index contributed by atoms with van der Waals surface area (Å²) in [5.74, 6) is 0.437. The van der Waals surface area contributed by atoms with Crippen molar-refractivity contribution in [3.05, 3.63) is 29.8 Å². The topological polar surface area (TPSA) is 67.2 Å². The van der Waals surface area contributed by atoms with Gasteiger partial charge < -0.3 is 5.73 Å². The maximum absolute atomic E-state index is 12.6. The van der Waals surface area contributed by atoms with Crippen molar-refractivity contribution in [3.63, 3.8) is 0 Å². The molecule has 4 N–H and O–H groups in total. The van der Waals surface area contributed by atoms with Gasteiger partial charge in [0.15, 0.2) is 5.78 Å². The lowest BCUT2D eigenvalue weighted by Gasteiger charge is -2.34. The minimum atomic E-state index is -0.130. The second-order valence-electron chi connectivity index (χ2n) is 5.44. The SMILES string of the molecule is Nc1ccccc1C(=O)C1CC2CNNC2CC1Cl. The molecule has 0 amide bonds. The standard InChI is InChI=1S/C14H18ClN3O/c15-11-6-13-8(7-17-18-13)5-10(11)14(19)9-3-1-2-4-12(9)16/h1-4,8,10-11,13,17-18H,5-7,16H2. The quantitative estimate of drug-likeness (QED) is 0.437. The molecule has 5 heteroatoms. The summed E-state index contributed by atoms with van der Waals surface area (Å²) in [6.07, 6.45) is 1.65. The van der Waals surface area contributed by atoms with E-state index in [1.54, 1.807) is 12.1 Å². The first kappa shape index (κ1) is 12.9. The summed E-state index contributed by atoms with van der Waals surface area (Å²) in [4.78, 5) is 12.6. The smallest absolute Gasteiger partial charge is 0.169 e. The Balaban J connectivity index is 1.81. The van der Waals surface area contributed by atoms with Gasteiger partial charge in [-0.3, -0.25) is 15.6 Å². The number of hydrogen-bond donors (Lipinski definition) is 3. The van der Waals surface area contributed by atoms with Crippen LogP contribution in [0.4, 0.5) is 5.69 Å². The van der Waals surface area contributed by atoms with Crippen LogP contribution in [0.3, 0.4) is 0 Å². The second-order valence-corrected chi connectivity index (χ2v) is 6.00. The molecule has 1 saturated carbocycles. The molecule has 1 aromatic rings. The van der Waals surface area contributed by atoms with Gasteiger partial charge in [0.1, 0.15) is 0 Å². The van der Waals surface area contributed by atoms with Crippen LogP contribution in [0.5, 0.6) is 0 Å². The minimum absolute atomic E-state index is 0.0865. The number of rotatable bonds is 2. The number of hydrogen-bond acceptors (Lipinski definition) is 4. The normalized spacial score (nSPS) is 33.9. The van der Waals surface area contributed by atoms with Crippen molar-refractivity contribution in [2.24, 2.45) is 11.8 Å². The molecule has 1 heterocycles. The summed E-state index contributed by atoms with van der Waals surface area (Å²) in [5, 5.41) is -0.124. The van der Waals surface area contributed by atoms with E-state index in [-0.39, 0.29) is 17.1 Å². The Bertz CT molecular complexity index is 493. The van der Waals surface area contributed by atoms with E-state index < -0.39 is 0 Å². The van der Waals surface area contributed by atoms with Crippen LogP contribution in [0.25, 0.3) is 0 Å². The van der Waals surface area contributed by atoms with Gasteiger partial charge in [0.2, 0.25) is 0 Å². The number of nitrogens with two attached hydrogens (primary N) is 1. The Morgan fingerprint density at radius 1 is 1.32 bits per heavy atom. The van der Waals surface area contributed by atoms with Gasteiger partial charge in [0.25, 0.3) is 0 Å². The van der Waals surface area contributed by atoms with Crippen LogP contribution in [-0.4, -0.2) is 23.7 Å². The van der Waals surface area contributed by atoms with Gasteiger partial charge in [-0.25, -0.2) is 0 Å². The Morgan fingerprint density at radius 2 is 2.11 bits per heavy atom. The molecule has 102 valence electrons. The van der Waals surface area contributed by atoms with Gasteiger partial charge in [0.05, 0.1) is 0 Å². The molecule has 1 aliphatic heterocycles. The van der Waals surface area contributed by atoms with Crippen molar-refractivity contribution in [2.75, 3.05) is 12.3 Å². The number of carbonyl (C=O) groups is 1. The zero-order valence-electron chi connectivity index (χ0n) is 10.6. The lowest BCUT2D eigenvalue weighted by atomic mass is 9.75. The highest BCUT2D eigenvalue weighted by molar-refractivity contribution is 6.23. The summed E-state index contributed by atoms with van der Waals surface area (Å²) in [6, 6.07) is 7.63. The maximum atomic E-state index is 12.6. The van der Waals surface area contributed by atoms with Gasteiger partial charge in [0, 0.05) is 35.1 Å². The molecule has 1 aliphatic carbocycles. The monoisotopic (exact) mass is 279 g/mol. The third-order valence-corrected chi connectivity index (χ3v) is 4.74. The predicted octanol–water partition coefficient (Wildman–Crippen LogP) is 1.56. The number of ketones is 1. The van der Waals surface area contributed by atoms with E-state index >= 15 is 0 Å². The summed E-state index contributed by atoms with van der Waals surface area (Å²) < 4.78 is 0. The first-order valence-corrected chi connectivity index (χ1v) is 7.11. The van der Waals surface area contributed by atoms with Gasteiger partial charge in [-0.1, -0.05) is 12.1 Å². The molecule has 0 spiro atoms. The lowest BCUT2D eigenvalue weighted by molar-refractivity contribution is 0.0866. The highest BCUT2D eigenvalue weighted by Crippen LogP contribution is 2.36. The Labute approximate surface area is 117 Å². The van der Waals surface area contributed by atoms with Crippen LogP contribution in [0.2, 0.25) is 0 Å². The van der Waals surface area contributed by atoms with E-state index in [1.165, 1.54) is 0 Å². The fraction of sp³-hybridized carbons (Fsp3) is 0.500. The Kier molecular flexibility index (Phi) is 3.48. The van der Waals surface area contributed by atoms with Crippen LogP contribution in [0, 0.1) is 11.8 Å². The van der Waals surface area contributed by atoms with Gasteiger partial charge in [-0.15, -0.1) is 11.6 Å². The number of hydrazine groups is 1. The van der Waals surface area contributed by atoms with Crippen LogP contribution in [0.15, 0.2) is 24.3 Å². The molecule has 0 bridgehead atoms. The minimum Gasteiger partial charge on any atom is -0.398 e. The number of Topliss-reactive ketones (excluding diaryl/α,β-unsaturated/α-hetero) is 1. The van der Waals surface area contributed by atoms with Crippen LogP contribution < -0.4 is 16.6 Å². The molecule has 4 unspecified atom stereocenters. The molecule has 0 aromatic heterocycles. The number of benzene rings is 1. The molecule has 19 heavy (non-hydrogen) atoms. The molecule has 4 atom stereocenters. The van der Waals surface area contributed by atoms with Crippen LogP contribution in [0.1, 0.15) is 23.2 Å². The first-order valence-electron chi connectivity index (χ1n) is 6.68. The zero-order chi connectivity index (χ0) is 13.4. The third kappa shape index (κ3) is 2.36. The molecular formula is C14H18ClN3O. The summed E-state index contributed by atoms with van der Waals surface area (Å²) in [6.45, 7) is 0.905. The number of fused-ring (bicyclic) bond motifs is 1. The van der Waals surface area contributed by atoms with E-state index in [0.717, 1.165) is 19.4 Å². The molecule has 4 nitrogen and oxygen atoms in total. The van der Waals surface area contributed by atoms with Crippen molar-refractivity contribution in [1.29, 1.82) is 0 Å². The largest absolute Gasteiger partial charge is 0.398 e. The van der Waals surface area contributed by atoms with Gasteiger partial charge in [-0.05, 0) is 30.9 Å². The van der Waals surface area contributed by atoms with Crippen molar-refractivity contribution in [3.8, 4) is 0 Å². The van der Waals surface area contributed by atoms with Crippen LogP contribution >= 0.6 is 11.6 Å². The molecule has 1 saturated heterocycles. The van der Waals surface area contributed by atoms with E-state index in [1.807, 2.05) is 12.1 Å². The molecular weight excluding hydrogens is 262 g/mol. The number of carbonyl (C=O) groups excluding carboxylic acids is 1. The summed E-state index contributed by atoms with van der Waals surface area (Å²) in [7, 11) is 0. The fourth-order valence-corrected chi connectivity index (χ4v) is 3.56. The highest BCUT2D eigenvalue weighted by atomic mass is 35.5. The molecule has 2 fully saturated rings. The number of alkyl halides is 1. The van der Waals surface area contributed by atoms with Crippen molar-refractivity contribution < 1.29 is 4.79 Å². The lowest BCUT2D eigenvalue weighted by Crippen LogP contribution is -2.42. The number of nitrogens with one attached hydrogen (secondary N) is 2. The van der Waals surface area contributed by atoms with E-state index in [2.05, 4.69) is 10.9 Å². The Hall–Kier alpha value is -1.10. The maximum Gasteiger partial charge on any atom is 0.169 e. The number of halogens is 1. The highest BCUT2D eigenvalue weighted by Gasteiger charge is 2.42. The molecule has 2 aliphatic rings. The Morgan fingerprint density at radius 3 is 2.89 bits per heavy atom. The van der Waals surface area contributed by atoms with Crippen LogP contribution in [-0.2, 0) is 0 Å².